The van der Waals surface area contributed by atoms with Crippen LogP contribution in [-0.4, -0.2) is 57.4 Å². The lowest BCUT2D eigenvalue weighted by atomic mass is 10.0. The lowest BCUT2D eigenvalue weighted by Crippen LogP contribution is -2.45. The number of esters is 1. The van der Waals surface area contributed by atoms with Gasteiger partial charge in [-0.25, -0.2) is 9.78 Å². The molecule has 0 spiro atoms. The number of carbonyl (C=O) groups is 1. The number of hydrogen-bond acceptors (Lipinski definition) is 7. The Bertz CT molecular complexity index is 1330. The van der Waals surface area contributed by atoms with Crippen LogP contribution in [0.2, 0.25) is 18.1 Å². The van der Waals surface area contributed by atoms with Crippen LogP contribution in [0.25, 0.3) is 11.0 Å². The SMILES string of the molecule is COC(=O)c1ccc2c(c1)ncn2C[C@H](OC1CCCC1)[C@H](O[Si](C)(C)C(C)(C)C)c1cc(OC)c(C)c(OC)c1. The molecule has 1 aromatic heterocycles. The van der Waals surface area contributed by atoms with Gasteiger partial charge >= 0.3 is 5.97 Å². The summed E-state index contributed by atoms with van der Waals surface area (Å²) in [5, 5.41) is -0.00594. The smallest absolute Gasteiger partial charge is 0.337 e. The Labute approximate surface area is 245 Å². The van der Waals surface area contributed by atoms with Crippen LogP contribution in [0.1, 0.15) is 74.0 Å². The molecule has 0 aliphatic heterocycles. The van der Waals surface area contributed by atoms with Crippen molar-refractivity contribution in [2.24, 2.45) is 0 Å². The minimum absolute atomic E-state index is 0.00594. The van der Waals surface area contributed by atoms with Crippen molar-refractivity contribution in [1.82, 2.24) is 9.55 Å². The van der Waals surface area contributed by atoms with Gasteiger partial charge in [0.15, 0.2) is 8.32 Å². The number of ether oxygens (including phenoxy) is 4. The fourth-order valence-corrected chi connectivity index (χ4v) is 6.53. The molecule has 2 atom stereocenters. The fraction of sp³-hybridized carbons (Fsp3) is 0.562. The molecule has 4 rings (SSSR count). The number of hydrogen-bond donors (Lipinski definition) is 0. The van der Waals surface area contributed by atoms with Gasteiger partial charge in [-0.1, -0.05) is 33.6 Å². The van der Waals surface area contributed by atoms with Crippen LogP contribution in [-0.2, 0) is 20.4 Å². The molecule has 1 heterocycles. The summed E-state index contributed by atoms with van der Waals surface area (Å²) in [6.07, 6.45) is 5.72. The third-order valence-electron chi connectivity index (χ3n) is 8.76. The number of aromatic nitrogens is 2. The molecule has 1 saturated carbocycles. The molecule has 0 saturated heterocycles. The Hall–Kier alpha value is -2.88. The van der Waals surface area contributed by atoms with Crippen LogP contribution < -0.4 is 9.47 Å². The van der Waals surface area contributed by atoms with E-state index in [1.165, 1.54) is 20.0 Å². The molecule has 224 valence electrons. The van der Waals surface area contributed by atoms with E-state index in [1.807, 2.05) is 19.3 Å². The van der Waals surface area contributed by atoms with Gasteiger partial charge < -0.3 is 27.9 Å². The predicted molar refractivity (Wildman–Crippen MR) is 164 cm³/mol. The maximum atomic E-state index is 12.1. The normalized spacial score (nSPS) is 16.1. The molecule has 3 aromatic rings. The second-order valence-electron chi connectivity index (χ2n) is 12.5. The molecule has 1 aliphatic carbocycles. The van der Waals surface area contributed by atoms with Crippen molar-refractivity contribution in [3.8, 4) is 11.5 Å². The van der Waals surface area contributed by atoms with E-state index >= 15 is 0 Å². The van der Waals surface area contributed by atoms with Crippen LogP contribution in [0.4, 0.5) is 0 Å². The monoisotopic (exact) mass is 582 g/mol. The molecule has 0 unspecified atom stereocenters. The van der Waals surface area contributed by atoms with Crippen LogP contribution >= 0.6 is 0 Å². The van der Waals surface area contributed by atoms with E-state index in [1.54, 1.807) is 26.4 Å². The van der Waals surface area contributed by atoms with Gasteiger partial charge in [-0.15, -0.1) is 0 Å². The molecule has 1 aliphatic rings. The number of carbonyl (C=O) groups excluding carboxylic acids is 1. The average Bonchev–Trinajstić information content (AvgIpc) is 3.60. The van der Waals surface area contributed by atoms with E-state index < -0.39 is 8.32 Å². The van der Waals surface area contributed by atoms with Crippen molar-refractivity contribution in [2.75, 3.05) is 21.3 Å². The molecule has 41 heavy (non-hydrogen) atoms. The third kappa shape index (κ3) is 6.79. The molecule has 0 amide bonds. The molecule has 1 fully saturated rings. The van der Waals surface area contributed by atoms with Gasteiger partial charge in [0.25, 0.3) is 0 Å². The fourth-order valence-electron chi connectivity index (χ4n) is 5.25. The zero-order chi connectivity index (χ0) is 29.9. The summed E-state index contributed by atoms with van der Waals surface area (Å²) < 4.78 is 32.7. The van der Waals surface area contributed by atoms with Crippen LogP contribution in [0.3, 0.4) is 0 Å². The summed E-state index contributed by atoms with van der Waals surface area (Å²) in [7, 11) is 2.49. The van der Waals surface area contributed by atoms with Crippen molar-refractivity contribution >= 4 is 25.3 Å². The topological polar surface area (TPSA) is 81.0 Å². The Balaban J connectivity index is 1.82. The van der Waals surface area contributed by atoms with Crippen molar-refractivity contribution < 1.29 is 28.2 Å². The van der Waals surface area contributed by atoms with E-state index in [0.717, 1.165) is 46.5 Å². The molecule has 8 nitrogen and oxygen atoms in total. The number of methoxy groups -OCH3 is 3. The number of imidazole rings is 1. The summed E-state index contributed by atoms with van der Waals surface area (Å²) >= 11 is 0. The van der Waals surface area contributed by atoms with Gasteiger partial charge in [0.1, 0.15) is 17.6 Å². The molecule has 0 radical (unpaired) electrons. The predicted octanol–water partition coefficient (Wildman–Crippen LogP) is 7.24. The van der Waals surface area contributed by atoms with E-state index in [0.29, 0.717) is 12.1 Å². The number of fused-ring (bicyclic) bond motifs is 1. The molecular weight excluding hydrogens is 536 g/mol. The Morgan fingerprint density at radius 2 is 1.68 bits per heavy atom. The van der Waals surface area contributed by atoms with Gasteiger partial charge in [0, 0.05) is 5.56 Å². The maximum absolute atomic E-state index is 12.1. The molecule has 0 N–H and O–H groups in total. The summed E-state index contributed by atoms with van der Waals surface area (Å²) in [5.41, 5.74) is 4.03. The highest BCUT2D eigenvalue weighted by atomic mass is 28.4. The quantitative estimate of drug-likeness (QED) is 0.174. The second-order valence-corrected chi connectivity index (χ2v) is 17.3. The van der Waals surface area contributed by atoms with Crippen LogP contribution in [0.15, 0.2) is 36.7 Å². The minimum Gasteiger partial charge on any atom is -0.496 e. The van der Waals surface area contributed by atoms with Crippen molar-refractivity contribution in [3.63, 3.8) is 0 Å². The number of benzene rings is 2. The van der Waals surface area contributed by atoms with E-state index in [4.69, 9.17) is 23.4 Å². The first-order valence-corrected chi connectivity index (χ1v) is 17.4. The Morgan fingerprint density at radius 3 is 2.24 bits per heavy atom. The lowest BCUT2D eigenvalue weighted by molar-refractivity contribution is -0.0780. The second kappa shape index (κ2) is 12.5. The maximum Gasteiger partial charge on any atom is 0.337 e. The lowest BCUT2D eigenvalue weighted by Gasteiger charge is -2.42. The first-order valence-electron chi connectivity index (χ1n) is 14.5. The molecular formula is C32H46N2O6Si. The molecule has 0 bridgehead atoms. The van der Waals surface area contributed by atoms with Gasteiger partial charge in [0.2, 0.25) is 0 Å². The van der Waals surface area contributed by atoms with E-state index in [2.05, 4.69) is 55.5 Å². The first kappa shape index (κ1) is 31.1. The molecule has 9 heteroatoms. The third-order valence-corrected chi connectivity index (χ3v) is 13.2. The van der Waals surface area contributed by atoms with Crippen molar-refractivity contribution in [2.45, 2.75) is 96.4 Å². The minimum atomic E-state index is -2.26. The number of rotatable bonds is 11. The summed E-state index contributed by atoms with van der Waals surface area (Å²) in [6, 6.07) is 9.59. The standard InChI is InChI=1S/C32H46N2O6Si/c1-21-27(36-5)17-23(18-28(21)37-6)30(40-41(8,9)32(2,3)4)29(39-24-12-10-11-13-24)19-34-20-33-25-16-22(31(35)38-7)14-15-26(25)34/h14-18,20,24,29-30H,10-13,19H2,1-9H3/t29-,30+/m0/s1. The van der Waals surface area contributed by atoms with Gasteiger partial charge in [-0.3, -0.25) is 0 Å². The average molecular weight is 583 g/mol. The van der Waals surface area contributed by atoms with Gasteiger partial charge in [-0.2, -0.15) is 0 Å². The number of nitrogens with zero attached hydrogens (tertiary/aromatic N) is 2. The molecule has 2 aromatic carbocycles. The van der Waals surface area contributed by atoms with E-state index in [-0.39, 0.29) is 29.3 Å². The van der Waals surface area contributed by atoms with Gasteiger partial charge in [-0.05, 0) is 73.8 Å². The Morgan fingerprint density at radius 1 is 1.05 bits per heavy atom. The summed E-state index contributed by atoms with van der Waals surface area (Å²) in [4.78, 5) is 16.7. The largest absolute Gasteiger partial charge is 0.496 e. The van der Waals surface area contributed by atoms with E-state index in [9.17, 15) is 4.79 Å². The van der Waals surface area contributed by atoms with Crippen LogP contribution in [0.5, 0.6) is 11.5 Å². The van der Waals surface area contributed by atoms with Gasteiger partial charge in [0.05, 0.1) is 63.0 Å². The van der Waals surface area contributed by atoms with Crippen molar-refractivity contribution in [1.29, 1.82) is 0 Å². The highest BCUT2D eigenvalue weighted by Crippen LogP contribution is 2.44. The summed E-state index contributed by atoms with van der Waals surface area (Å²) in [6.45, 7) is 13.8. The van der Waals surface area contributed by atoms with Crippen LogP contribution in [0, 0.1) is 6.92 Å². The zero-order valence-electron chi connectivity index (χ0n) is 26.1. The zero-order valence-corrected chi connectivity index (χ0v) is 27.1. The van der Waals surface area contributed by atoms with Crippen molar-refractivity contribution in [3.05, 3.63) is 53.3 Å². The Kier molecular flexibility index (Phi) is 9.51. The summed E-state index contributed by atoms with van der Waals surface area (Å²) in [5.74, 6) is 1.13. The highest BCUT2D eigenvalue weighted by Gasteiger charge is 2.42. The highest BCUT2D eigenvalue weighted by molar-refractivity contribution is 6.74. The first-order chi connectivity index (χ1) is 19.4.